The first-order valence-corrected chi connectivity index (χ1v) is 10.3. The second-order valence-electron chi connectivity index (χ2n) is 7.44. The Morgan fingerprint density at radius 2 is 1.82 bits per heavy atom. The van der Waals surface area contributed by atoms with Crippen molar-refractivity contribution in [2.24, 2.45) is 0 Å². The summed E-state index contributed by atoms with van der Waals surface area (Å²) >= 11 is 0. The SMILES string of the molecule is CC[C@H]1Oc2nc([N+](=O)[O-])cn2C[C@@H]1NCc1ccc(Oc2ccc(OC(F)F)cc2)cc1. The summed E-state index contributed by atoms with van der Waals surface area (Å²) in [4.78, 5) is 14.4. The highest BCUT2D eigenvalue weighted by Gasteiger charge is 2.33. The molecule has 0 spiro atoms. The molecule has 1 aliphatic heterocycles. The molecule has 0 aliphatic carbocycles. The van der Waals surface area contributed by atoms with Crippen molar-refractivity contribution in [3.8, 4) is 23.3 Å². The van der Waals surface area contributed by atoms with Crippen LogP contribution in [0.15, 0.2) is 54.7 Å². The lowest BCUT2D eigenvalue weighted by molar-refractivity contribution is -0.389. The van der Waals surface area contributed by atoms with Gasteiger partial charge in [0.25, 0.3) is 0 Å². The van der Waals surface area contributed by atoms with E-state index in [0.717, 1.165) is 12.0 Å². The fraction of sp³-hybridized carbons (Fsp3) is 0.318. The van der Waals surface area contributed by atoms with Crippen LogP contribution in [0.4, 0.5) is 14.6 Å². The van der Waals surface area contributed by atoms with Gasteiger partial charge in [-0.25, -0.2) is 0 Å². The Morgan fingerprint density at radius 3 is 2.42 bits per heavy atom. The lowest BCUT2D eigenvalue weighted by atomic mass is 10.1. The monoisotopic (exact) mass is 460 g/mol. The molecule has 2 atom stereocenters. The molecule has 2 aromatic carbocycles. The zero-order chi connectivity index (χ0) is 23.4. The van der Waals surface area contributed by atoms with Crippen LogP contribution in [0, 0.1) is 10.1 Å². The Hall–Kier alpha value is -3.73. The number of aromatic nitrogens is 2. The molecule has 0 amide bonds. The van der Waals surface area contributed by atoms with Gasteiger partial charge in [-0.2, -0.15) is 8.78 Å². The van der Waals surface area contributed by atoms with E-state index in [1.807, 2.05) is 31.2 Å². The van der Waals surface area contributed by atoms with E-state index in [9.17, 15) is 18.9 Å². The average Bonchev–Trinajstić information content (AvgIpc) is 3.22. The molecule has 3 aromatic rings. The minimum atomic E-state index is -2.87. The first-order valence-electron chi connectivity index (χ1n) is 10.3. The molecular weight excluding hydrogens is 438 g/mol. The number of rotatable bonds is 9. The standard InChI is InChI=1S/C22H22F2N4O5/c1-2-19-18(12-27-13-20(28(29)30)26-22(27)33-19)25-11-14-3-5-15(6-4-14)31-16-7-9-17(10-8-16)32-21(23)24/h3-10,13,18-19,21,25H,2,11-12H2,1H3/t18-,19+/m0/s1. The third-order valence-electron chi connectivity index (χ3n) is 5.19. The summed E-state index contributed by atoms with van der Waals surface area (Å²) in [6, 6.07) is 13.6. The van der Waals surface area contributed by atoms with Gasteiger partial charge in [0.1, 0.15) is 29.5 Å². The van der Waals surface area contributed by atoms with E-state index in [1.54, 1.807) is 16.7 Å². The fourth-order valence-corrected chi connectivity index (χ4v) is 3.56. The third-order valence-corrected chi connectivity index (χ3v) is 5.19. The van der Waals surface area contributed by atoms with E-state index in [2.05, 4.69) is 15.0 Å². The number of hydrogen-bond donors (Lipinski definition) is 1. The minimum absolute atomic E-state index is 0.0406. The van der Waals surface area contributed by atoms with Gasteiger partial charge in [-0.15, -0.1) is 0 Å². The Balaban J connectivity index is 1.33. The summed E-state index contributed by atoms with van der Waals surface area (Å²) in [5.74, 6) is 0.933. The van der Waals surface area contributed by atoms with Gasteiger partial charge in [0.05, 0.1) is 6.04 Å². The molecule has 0 bridgehead atoms. The van der Waals surface area contributed by atoms with E-state index >= 15 is 0 Å². The van der Waals surface area contributed by atoms with Crippen LogP contribution in [0.1, 0.15) is 18.9 Å². The molecular formula is C22H22F2N4O5. The third kappa shape index (κ3) is 5.55. The second-order valence-corrected chi connectivity index (χ2v) is 7.44. The van der Waals surface area contributed by atoms with Gasteiger partial charge < -0.3 is 29.6 Å². The van der Waals surface area contributed by atoms with Crippen molar-refractivity contribution in [1.82, 2.24) is 14.9 Å². The fourth-order valence-electron chi connectivity index (χ4n) is 3.56. The van der Waals surface area contributed by atoms with E-state index in [-0.39, 0.29) is 29.7 Å². The number of hydrogen-bond acceptors (Lipinski definition) is 7. The van der Waals surface area contributed by atoms with Crippen molar-refractivity contribution < 1.29 is 27.9 Å². The predicted molar refractivity (Wildman–Crippen MR) is 114 cm³/mol. The van der Waals surface area contributed by atoms with Crippen molar-refractivity contribution >= 4 is 5.82 Å². The summed E-state index contributed by atoms with van der Waals surface area (Å²) in [6.45, 7) is 0.203. The van der Waals surface area contributed by atoms with Crippen molar-refractivity contribution in [1.29, 1.82) is 0 Å². The largest absolute Gasteiger partial charge is 0.457 e. The molecule has 0 saturated heterocycles. The first kappa shape index (κ1) is 22.5. The molecule has 0 saturated carbocycles. The van der Waals surface area contributed by atoms with Crippen LogP contribution in [0.5, 0.6) is 23.3 Å². The zero-order valence-corrected chi connectivity index (χ0v) is 17.7. The summed E-state index contributed by atoms with van der Waals surface area (Å²) < 4.78 is 42.0. The van der Waals surface area contributed by atoms with Crippen LogP contribution < -0.4 is 19.5 Å². The Labute approximate surface area is 188 Å². The number of nitro groups is 1. The molecule has 33 heavy (non-hydrogen) atoms. The molecule has 9 nitrogen and oxygen atoms in total. The van der Waals surface area contributed by atoms with E-state index < -0.39 is 11.5 Å². The summed E-state index contributed by atoms with van der Waals surface area (Å²) in [5.41, 5.74) is 1.01. The highest BCUT2D eigenvalue weighted by atomic mass is 19.3. The van der Waals surface area contributed by atoms with E-state index in [4.69, 9.17) is 9.47 Å². The minimum Gasteiger partial charge on any atom is -0.457 e. The molecule has 1 aromatic heterocycles. The number of fused-ring (bicyclic) bond motifs is 1. The van der Waals surface area contributed by atoms with E-state index in [1.165, 1.54) is 18.3 Å². The van der Waals surface area contributed by atoms with Crippen LogP contribution in [0.25, 0.3) is 0 Å². The smallest absolute Gasteiger partial charge is 0.414 e. The van der Waals surface area contributed by atoms with Crippen LogP contribution in [-0.4, -0.2) is 33.2 Å². The van der Waals surface area contributed by atoms with Gasteiger partial charge in [-0.3, -0.25) is 4.57 Å². The van der Waals surface area contributed by atoms with Gasteiger partial charge in [-0.05, 0) is 53.3 Å². The maximum absolute atomic E-state index is 12.2. The molecule has 0 fully saturated rings. The maximum Gasteiger partial charge on any atom is 0.414 e. The van der Waals surface area contributed by atoms with E-state index in [0.29, 0.717) is 24.6 Å². The molecule has 174 valence electrons. The number of imidazole rings is 1. The number of ether oxygens (including phenoxy) is 3. The summed E-state index contributed by atoms with van der Waals surface area (Å²) in [5, 5.41) is 14.4. The van der Waals surface area contributed by atoms with Gasteiger partial charge in [0, 0.05) is 18.1 Å². The zero-order valence-electron chi connectivity index (χ0n) is 17.7. The maximum atomic E-state index is 12.2. The van der Waals surface area contributed by atoms with Crippen molar-refractivity contribution in [2.45, 2.75) is 45.2 Å². The topological polar surface area (TPSA) is 101 Å². The first-order chi connectivity index (χ1) is 15.9. The van der Waals surface area contributed by atoms with Gasteiger partial charge in [-0.1, -0.05) is 19.1 Å². The second kappa shape index (κ2) is 9.82. The predicted octanol–water partition coefficient (Wildman–Crippen LogP) is 4.51. The van der Waals surface area contributed by atoms with Crippen molar-refractivity contribution in [3.63, 3.8) is 0 Å². The molecule has 4 rings (SSSR count). The normalized spacial score (nSPS) is 17.3. The molecule has 2 heterocycles. The summed E-state index contributed by atoms with van der Waals surface area (Å²) in [6.07, 6.45) is 1.96. The molecule has 1 aliphatic rings. The van der Waals surface area contributed by atoms with Gasteiger partial charge in [0.2, 0.25) is 0 Å². The highest BCUT2D eigenvalue weighted by molar-refractivity contribution is 5.36. The number of nitrogens with zero attached hydrogens (tertiary/aromatic N) is 3. The molecule has 1 N–H and O–H groups in total. The van der Waals surface area contributed by atoms with Crippen molar-refractivity contribution in [3.05, 3.63) is 70.4 Å². The van der Waals surface area contributed by atoms with Crippen LogP contribution in [0.2, 0.25) is 0 Å². The number of halogens is 2. The molecule has 0 radical (unpaired) electrons. The summed E-state index contributed by atoms with van der Waals surface area (Å²) in [7, 11) is 0. The lowest BCUT2D eigenvalue weighted by Crippen LogP contribution is -2.48. The van der Waals surface area contributed by atoms with Crippen LogP contribution >= 0.6 is 0 Å². The van der Waals surface area contributed by atoms with Gasteiger partial charge >= 0.3 is 18.4 Å². The van der Waals surface area contributed by atoms with Crippen LogP contribution in [-0.2, 0) is 13.1 Å². The number of nitrogens with one attached hydrogen (secondary N) is 1. The Bertz CT molecular complexity index is 1090. The molecule has 0 unspecified atom stereocenters. The number of benzene rings is 2. The van der Waals surface area contributed by atoms with Crippen LogP contribution in [0.3, 0.4) is 0 Å². The lowest BCUT2D eigenvalue weighted by Gasteiger charge is -2.31. The Kier molecular flexibility index (Phi) is 6.68. The quantitative estimate of drug-likeness (QED) is 0.370. The highest BCUT2D eigenvalue weighted by Crippen LogP contribution is 2.27. The van der Waals surface area contributed by atoms with Crippen molar-refractivity contribution in [2.75, 3.05) is 0 Å². The number of alkyl halides is 2. The average molecular weight is 460 g/mol. The van der Waals surface area contributed by atoms with Gasteiger partial charge in [0.15, 0.2) is 0 Å². The Morgan fingerprint density at radius 1 is 1.18 bits per heavy atom. The molecule has 11 heteroatoms.